The van der Waals surface area contributed by atoms with Crippen LogP contribution in [-0.2, 0) is 4.74 Å². The van der Waals surface area contributed by atoms with Crippen LogP contribution in [0.4, 0.5) is 0 Å². The van der Waals surface area contributed by atoms with Gasteiger partial charge < -0.3 is 15.4 Å². The second-order valence-corrected chi connectivity index (χ2v) is 5.12. The topological polar surface area (TPSA) is 45.7 Å². The predicted molar refractivity (Wildman–Crippen MR) is 83.2 cm³/mol. The molecular formula is C12H26IN3O. The van der Waals surface area contributed by atoms with E-state index in [1.54, 1.807) is 7.11 Å². The van der Waals surface area contributed by atoms with Gasteiger partial charge in [-0.15, -0.1) is 24.0 Å². The standard InChI is InChI=1S/C12H25N3O.HI/c1-6-13-11(15-10-7-9(10)2)14-8-12(3,4)16-5;/h9-10H,6-8H2,1-5H3,(H2,13,14,15);1H. The van der Waals surface area contributed by atoms with E-state index in [4.69, 9.17) is 4.74 Å². The van der Waals surface area contributed by atoms with Gasteiger partial charge in [-0.05, 0) is 33.1 Å². The van der Waals surface area contributed by atoms with Gasteiger partial charge in [-0.25, -0.2) is 0 Å². The average Bonchev–Trinajstić information content (AvgIpc) is 2.91. The molecule has 4 nitrogen and oxygen atoms in total. The third-order valence-corrected chi connectivity index (χ3v) is 2.95. The molecule has 1 rings (SSSR count). The Morgan fingerprint density at radius 3 is 2.47 bits per heavy atom. The lowest BCUT2D eigenvalue weighted by molar-refractivity contribution is 0.0310. The monoisotopic (exact) mass is 355 g/mol. The number of aliphatic imine (C=N–C) groups is 1. The van der Waals surface area contributed by atoms with Gasteiger partial charge in [-0.3, -0.25) is 4.99 Å². The maximum absolute atomic E-state index is 5.35. The Labute approximate surface area is 122 Å². The van der Waals surface area contributed by atoms with Gasteiger partial charge in [0, 0.05) is 19.7 Å². The summed E-state index contributed by atoms with van der Waals surface area (Å²) in [6.07, 6.45) is 1.25. The predicted octanol–water partition coefficient (Wildman–Crippen LogP) is 1.99. The fourth-order valence-electron chi connectivity index (χ4n) is 1.35. The van der Waals surface area contributed by atoms with E-state index in [2.05, 4.69) is 29.5 Å². The zero-order valence-corrected chi connectivity index (χ0v) is 13.9. The van der Waals surface area contributed by atoms with Crippen LogP contribution in [0.15, 0.2) is 4.99 Å². The average molecular weight is 355 g/mol. The lowest BCUT2D eigenvalue weighted by atomic mass is 10.1. The van der Waals surface area contributed by atoms with Crippen LogP contribution in [0.25, 0.3) is 0 Å². The number of ether oxygens (including phenoxy) is 1. The van der Waals surface area contributed by atoms with E-state index in [1.807, 2.05) is 13.8 Å². The molecule has 0 saturated heterocycles. The van der Waals surface area contributed by atoms with E-state index in [1.165, 1.54) is 6.42 Å². The van der Waals surface area contributed by atoms with Crippen molar-refractivity contribution in [2.75, 3.05) is 20.2 Å². The first-order valence-electron chi connectivity index (χ1n) is 6.08. The fourth-order valence-corrected chi connectivity index (χ4v) is 1.35. The summed E-state index contributed by atoms with van der Waals surface area (Å²) < 4.78 is 5.35. The number of methoxy groups -OCH3 is 1. The zero-order valence-electron chi connectivity index (χ0n) is 11.5. The summed E-state index contributed by atoms with van der Waals surface area (Å²) in [4.78, 5) is 4.54. The van der Waals surface area contributed by atoms with Gasteiger partial charge in [0.15, 0.2) is 5.96 Å². The number of hydrogen-bond donors (Lipinski definition) is 2. The fraction of sp³-hybridized carbons (Fsp3) is 0.917. The minimum Gasteiger partial charge on any atom is -0.377 e. The van der Waals surface area contributed by atoms with E-state index in [0.717, 1.165) is 18.4 Å². The molecule has 0 bridgehead atoms. The quantitative estimate of drug-likeness (QED) is 0.451. The van der Waals surface area contributed by atoms with Crippen molar-refractivity contribution in [2.24, 2.45) is 10.9 Å². The highest BCUT2D eigenvalue weighted by Gasteiger charge is 2.33. The molecule has 2 atom stereocenters. The number of halogens is 1. The normalized spacial score (nSPS) is 23.9. The highest BCUT2D eigenvalue weighted by molar-refractivity contribution is 14.0. The van der Waals surface area contributed by atoms with Crippen molar-refractivity contribution in [3.63, 3.8) is 0 Å². The molecular weight excluding hydrogens is 329 g/mol. The molecule has 0 amide bonds. The molecule has 0 aliphatic heterocycles. The van der Waals surface area contributed by atoms with Crippen LogP contribution in [0.3, 0.4) is 0 Å². The lowest BCUT2D eigenvalue weighted by Gasteiger charge is -2.21. The minimum absolute atomic E-state index is 0. The van der Waals surface area contributed by atoms with Gasteiger partial charge in [-0.2, -0.15) is 0 Å². The van der Waals surface area contributed by atoms with Gasteiger partial charge >= 0.3 is 0 Å². The molecule has 17 heavy (non-hydrogen) atoms. The zero-order chi connectivity index (χ0) is 12.2. The first-order chi connectivity index (χ1) is 7.48. The highest BCUT2D eigenvalue weighted by Crippen LogP contribution is 2.28. The second-order valence-electron chi connectivity index (χ2n) is 5.12. The van der Waals surface area contributed by atoms with Gasteiger partial charge in [0.25, 0.3) is 0 Å². The van der Waals surface area contributed by atoms with Crippen LogP contribution in [0.1, 0.15) is 34.1 Å². The van der Waals surface area contributed by atoms with E-state index in [0.29, 0.717) is 12.6 Å². The van der Waals surface area contributed by atoms with E-state index >= 15 is 0 Å². The number of hydrogen-bond acceptors (Lipinski definition) is 2. The van der Waals surface area contributed by atoms with Crippen molar-refractivity contribution in [2.45, 2.75) is 45.8 Å². The molecule has 5 heteroatoms. The molecule has 1 aliphatic carbocycles. The molecule has 0 spiro atoms. The van der Waals surface area contributed by atoms with Crippen LogP contribution in [0.5, 0.6) is 0 Å². The smallest absolute Gasteiger partial charge is 0.191 e. The van der Waals surface area contributed by atoms with Gasteiger partial charge in [0.05, 0.1) is 12.1 Å². The van der Waals surface area contributed by atoms with Crippen LogP contribution in [0, 0.1) is 5.92 Å². The summed E-state index contributed by atoms with van der Waals surface area (Å²) in [5.74, 6) is 1.68. The van der Waals surface area contributed by atoms with Crippen molar-refractivity contribution in [1.29, 1.82) is 0 Å². The molecule has 1 aliphatic rings. The molecule has 1 saturated carbocycles. The Hall–Kier alpha value is -0.0400. The Bertz CT molecular complexity index is 256. The number of guanidine groups is 1. The van der Waals surface area contributed by atoms with Crippen molar-refractivity contribution in [3.05, 3.63) is 0 Å². The van der Waals surface area contributed by atoms with E-state index < -0.39 is 0 Å². The van der Waals surface area contributed by atoms with Crippen LogP contribution >= 0.6 is 24.0 Å². The van der Waals surface area contributed by atoms with E-state index in [-0.39, 0.29) is 29.6 Å². The molecule has 2 unspecified atom stereocenters. The number of rotatable bonds is 5. The van der Waals surface area contributed by atoms with Crippen LogP contribution in [0.2, 0.25) is 0 Å². The first-order valence-corrected chi connectivity index (χ1v) is 6.08. The molecule has 0 aromatic rings. The molecule has 0 radical (unpaired) electrons. The highest BCUT2D eigenvalue weighted by atomic mass is 127. The van der Waals surface area contributed by atoms with Crippen LogP contribution < -0.4 is 10.6 Å². The molecule has 102 valence electrons. The van der Waals surface area contributed by atoms with Gasteiger partial charge in [0.2, 0.25) is 0 Å². The van der Waals surface area contributed by atoms with Crippen molar-refractivity contribution in [3.8, 4) is 0 Å². The maximum atomic E-state index is 5.35. The SMILES string of the molecule is CCNC(=NCC(C)(C)OC)NC1CC1C.I. The Balaban J connectivity index is 0.00000256. The van der Waals surface area contributed by atoms with Crippen molar-refractivity contribution in [1.82, 2.24) is 10.6 Å². The Morgan fingerprint density at radius 2 is 2.06 bits per heavy atom. The minimum atomic E-state index is -0.197. The number of nitrogens with one attached hydrogen (secondary N) is 2. The Morgan fingerprint density at radius 1 is 1.47 bits per heavy atom. The third kappa shape index (κ3) is 6.45. The molecule has 2 N–H and O–H groups in total. The summed E-state index contributed by atoms with van der Waals surface area (Å²) in [6.45, 7) is 9.97. The molecule has 0 heterocycles. The maximum Gasteiger partial charge on any atom is 0.191 e. The summed E-state index contributed by atoms with van der Waals surface area (Å²) >= 11 is 0. The lowest BCUT2D eigenvalue weighted by Crippen LogP contribution is -2.40. The molecule has 0 aromatic carbocycles. The van der Waals surface area contributed by atoms with E-state index in [9.17, 15) is 0 Å². The molecule has 0 aromatic heterocycles. The summed E-state index contributed by atoms with van der Waals surface area (Å²) in [7, 11) is 1.72. The van der Waals surface area contributed by atoms with Crippen molar-refractivity contribution < 1.29 is 4.74 Å². The first kappa shape index (κ1) is 17.0. The molecule has 1 fully saturated rings. The summed E-state index contributed by atoms with van der Waals surface area (Å²) in [5, 5.41) is 6.68. The third-order valence-electron chi connectivity index (χ3n) is 2.95. The van der Waals surface area contributed by atoms with Gasteiger partial charge in [0.1, 0.15) is 0 Å². The van der Waals surface area contributed by atoms with Crippen molar-refractivity contribution >= 4 is 29.9 Å². The van der Waals surface area contributed by atoms with Gasteiger partial charge in [-0.1, -0.05) is 6.92 Å². The second kappa shape index (κ2) is 7.41. The summed E-state index contributed by atoms with van der Waals surface area (Å²) in [5.41, 5.74) is -0.197. The van der Waals surface area contributed by atoms with Crippen LogP contribution in [-0.4, -0.2) is 37.8 Å². The summed E-state index contributed by atoms with van der Waals surface area (Å²) in [6, 6.07) is 0.600. The largest absolute Gasteiger partial charge is 0.377 e. The Kier molecular flexibility index (Phi) is 7.39. The number of nitrogens with zero attached hydrogens (tertiary/aromatic N) is 1.